The molecule has 0 spiro atoms. The van der Waals surface area contributed by atoms with E-state index in [2.05, 4.69) is 20.4 Å². The van der Waals surface area contributed by atoms with Crippen LogP contribution in [-0.2, 0) is 4.79 Å². The number of benzene rings is 1. The van der Waals surface area contributed by atoms with Crippen molar-refractivity contribution in [1.82, 2.24) is 19.9 Å². The van der Waals surface area contributed by atoms with Gasteiger partial charge in [-0.15, -0.1) is 0 Å². The average molecular weight is 313 g/mol. The highest BCUT2D eigenvalue weighted by atomic mass is 16.2. The second-order valence-electron chi connectivity index (χ2n) is 5.29. The SMILES string of the molecule is CC(=O)N1CCN(c2nc(NN)nc(-c3ccccc3)n2)CC1. The van der Waals surface area contributed by atoms with Gasteiger partial charge in [-0.05, 0) is 0 Å². The molecule has 23 heavy (non-hydrogen) atoms. The molecule has 3 rings (SSSR count). The maximum atomic E-state index is 11.4. The fraction of sp³-hybridized carbons (Fsp3) is 0.333. The van der Waals surface area contributed by atoms with Gasteiger partial charge in [-0.25, -0.2) is 5.84 Å². The van der Waals surface area contributed by atoms with Crippen LogP contribution in [0.3, 0.4) is 0 Å². The van der Waals surface area contributed by atoms with Crippen molar-refractivity contribution in [3.63, 3.8) is 0 Å². The lowest BCUT2D eigenvalue weighted by Gasteiger charge is -2.34. The molecule has 8 nitrogen and oxygen atoms in total. The largest absolute Gasteiger partial charge is 0.339 e. The number of hydrazine groups is 1. The Morgan fingerprint density at radius 2 is 1.78 bits per heavy atom. The van der Waals surface area contributed by atoms with E-state index in [4.69, 9.17) is 5.84 Å². The molecule has 1 aromatic heterocycles. The second kappa shape index (κ2) is 6.57. The number of nitrogens with one attached hydrogen (secondary N) is 1. The molecule has 1 aromatic carbocycles. The monoisotopic (exact) mass is 313 g/mol. The van der Waals surface area contributed by atoms with Crippen LogP contribution in [0.1, 0.15) is 6.92 Å². The van der Waals surface area contributed by atoms with Gasteiger partial charge in [0.2, 0.25) is 17.8 Å². The van der Waals surface area contributed by atoms with Crippen LogP contribution in [0.4, 0.5) is 11.9 Å². The zero-order chi connectivity index (χ0) is 16.2. The molecule has 1 aliphatic heterocycles. The lowest BCUT2D eigenvalue weighted by Crippen LogP contribution is -2.48. The number of rotatable bonds is 3. The number of nitrogen functional groups attached to an aromatic ring is 1. The molecule has 1 aliphatic rings. The molecule has 0 atom stereocenters. The molecule has 2 aromatic rings. The van der Waals surface area contributed by atoms with Crippen molar-refractivity contribution < 1.29 is 4.79 Å². The quantitative estimate of drug-likeness (QED) is 0.628. The highest BCUT2D eigenvalue weighted by Gasteiger charge is 2.21. The fourth-order valence-electron chi connectivity index (χ4n) is 2.51. The Balaban J connectivity index is 1.87. The van der Waals surface area contributed by atoms with Gasteiger partial charge >= 0.3 is 0 Å². The average Bonchev–Trinajstić information content (AvgIpc) is 2.62. The van der Waals surface area contributed by atoms with Crippen LogP contribution < -0.4 is 16.2 Å². The van der Waals surface area contributed by atoms with Gasteiger partial charge in [-0.3, -0.25) is 10.2 Å². The summed E-state index contributed by atoms with van der Waals surface area (Å²) in [4.78, 5) is 28.5. The number of aromatic nitrogens is 3. The first-order valence-corrected chi connectivity index (χ1v) is 7.46. The van der Waals surface area contributed by atoms with Gasteiger partial charge in [0.15, 0.2) is 5.82 Å². The highest BCUT2D eigenvalue weighted by molar-refractivity contribution is 5.73. The number of nitrogens with zero attached hydrogens (tertiary/aromatic N) is 5. The lowest BCUT2D eigenvalue weighted by atomic mass is 10.2. The molecule has 1 saturated heterocycles. The minimum Gasteiger partial charge on any atom is -0.339 e. The molecule has 0 aliphatic carbocycles. The molecule has 0 radical (unpaired) electrons. The predicted molar refractivity (Wildman–Crippen MR) is 87.5 cm³/mol. The topological polar surface area (TPSA) is 100 Å². The van der Waals surface area contributed by atoms with Gasteiger partial charge in [0.05, 0.1) is 0 Å². The van der Waals surface area contributed by atoms with E-state index in [0.29, 0.717) is 43.9 Å². The van der Waals surface area contributed by atoms with Crippen molar-refractivity contribution in [2.75, 3.05) is 36.5 Å². The summed E-state index contributed by atoms with van der Waals surface area (Å²) >= 11 is 0. The number of carbonyl (C=O) groups excluding carboxylic acids is 1. The van der Waals surface area contributed by atoms with Gasteiger partial charge in [-0.2, -0.15) is 15.0 Å². The smallest absolute Gasteiger partial charge is 0.242 e. The van der Waals surface area contributed by atoms with E-state index in [1.54, 1.807) is 6.92 Å². The third-order valence-corrected chi connectivity index (χ3v) is 3.79. The first kappa shape index (κ1) is 15.2. The molecule has 1 fully saturated rings. The number of hydrogen-bond acceptors (Lipinski definition) is 7. The van der Waals surface area contributed by atoms with E-state index in [-0.39, 0.29) is 5.91 Å². The predicted octanol–water partition coefficient (Wildman–Crippen LogP) is 0.493. The van der Waals surface area contributed by atoms with Gasteiger partial charge in [0, 0.05) is 38.7 Å². The number of piperazine rings is 1. The lowest BCUT2D eigenvalue weighted by molar-refractivity contribution is -0.129. The number of hydrogen-bond donors (Lipinski definition) is 2. The third kappa shape index (κ3) is 3.37. The van der Waals surface area contributed by atoms with Crippen molar-refractivity contribution >= 4 is 17.8 Å². The Hall–Kier alpha value is -2.74. The minimum atomic E-state index is 0.0922. The van der Waals surface area contributed by atoms with E-state index >= 15 is 0 Å². The number of carbonyl (C=O) groups is 1. The van der Waals surface area contributed by atoms with Crippen molar-refractivity contribution in [2.45, 2.75) is 6.92 Å². The Bertz CT molecular complexity index is 683. The van der Waals surface area contributed by atoms with Crippen LogP contribution in [-0.4, -0.2) is 51.9 Å². The Morgan fingerprint density at radius 3 is 2.39 bits per heavy atom. The summed E-state index contributed by atoms with van der Waals surface area (Å²) in [6, 6.07) is 9.68. The first-order valence-electron chi connectivity index (χ1n) is 7.46. The van der Waals surface area contributed by atoms with E-state index < -0.39 is 0 Å². The number of amides is 1. The molecule has 8 heteroatoms. The summed E-state index contributed by atoms with van der Waals surface area (Å²) in [7, 11) is 0. The van der Waals surface area contributed by atoms with Crippen LogP contribution in [0.15, 0.2) is 30.3 Å². The van der Waals surface area contributed by atoms with E-state index in [9.17, 15) is 4.79 Å². The Morgan fingerprint density at radius 1 is 1.09 bits per heavy atom. The van der Waals surface area contributed by atoms with E-state index in [0.717, 1.165) is 5.56 Å². The molecule has 2 heterocycles. The van der Waals surface area contributed by atoms with Gasteiger partial charge in [0.25, 0.3) is 0 Å². The van der Waals surface area contributed by atoms with Crippen LogP contribution >= 0.6 is 0 Å². The van der Waals surface area contributed by atoms with Crippen molar-refractivity contribution in [1.29, 1.82) is 0 Å². The van der Waals surface area contributed by atoms with Crippen molar-refractivity contribution in [2.24, 2.45) is 5.84 Å². The van der Waals surface area contributed by atoms with E-state index in [1.807, 2.05) is 40.1 Å². The van der Waals surface area contributed by atoms with Crippen LogP contribution in [0.5, 0.6) is 0 Å². The molecular formula is C15H19N7O. The maximum Gasteiger partial charge on any atom is 0.242 e. The van der Waals surface area contributed by atoms with Crippen LogP contribution in [0.25, 0.3) is 11.4 Å². The molecule has 1 amide bonds. The van der Waals surface area contributed by atoms with Gasteiger partial charge < -0.3 is 9.80 Å². The van der Waals surface area contributed by atoms with Crippen molar-refractivity contribution in [3.05, 3.63) is 30.3 Å². The molecule has 0 unspecified atom stereocenters. The van der Waals surface area contributed by atoms with Crippen LogP contribution in [0.2, 0.25) is 0 Å². The minimum absolute atomic E-state index is 0.0922. The van der Waals surface area contributed by atoms with Gasteiger partial charge in [-0.1, -0.05) is 30.3 Å². The zero-order valence-corrected chi connectivity index (χ0v) is 12.9. The fourth-order valence-corrected chi connectivity index (χ4v) is 2.51. The van der Waals surface area contributed by atoms with Crippen LogP contribution in [0, 0.1) is 0 Å². The summed E-state index contributed by atoms with van der Waals surface area (Å²) < 4.78 is 0. The standard InChI is InChI=1S/C15H19N7O/c1-11(23)21-7-9-22(10-8-21)15-18-13(17-14(19-15)20-16)12-5-3-2-4-6-12/h2-6H,7-10,16H2,1H3,(H,17,18,19,20). The second-order valence-corrected chi connectivity index (χ2v) is 5.29. The normalized spacial score (nSPS) is 14.7. The van der Waals surface area contributed by atoms with Gasteiger partial charge in [0.1, 0.15) is 0 Å². The van der Waals surface area contributed by atoms with E-state index in [1.165, 1.54) is 0 Å². The summed E-state index contributed by atoms with van der Waals surface area (Å²) in [6.07, 6.45) is 0. The third-order valence-electron chi connectivity index (χ3n) is 3.79. The number of anilines is 2. The molecule has 120 valence electrons. The van der Waals surface area contributed by atoms with Crippen molar-refractivity contribution in [3.8, 4) is 11.4 Å². The summed E-state index contributed by atoms with van der Waals surface area (Å²) in [5, 5.41) is 0. The Kier molecular flexibility index (Phi) is 4.33. The summed E-state index contributed by atoms with van der Waals surface area (Å²) in [5.74, 6) is 7.03. The first-order chi connectivity index (χ1) is 11.2. The molecular weight excluding hydrogens is 294 g/mol. The summed E-state index contributed by atoms with van der Waals surface area (Å²) in [5.41, 5.74) is 3.39. The molecule has 0 saturated carbocycles. The molecule has 3 N–H and O–H groups in total. The molecule has 0 bridgehead atoms. The number of nitrogens with two attached hydrogens (primary N) is 1. The summed E-state index contributed by atoms with van der Waals surface area (Å²) in [6.45, 7) is 4.27. The maximum absolute atomic E-state index is 11.4. The zero-order valence-electron chi connectivity index (χ0n) is 12.9. The Labute approximate surface area is 134 Å². The highest BCUT2D eigenvalue weighted by Crippen LogP contribution is 2.20.